The molecule has 0 aromatic heterocycles. The Morgan fingerprint density at radius 2 is 2.05 bits per heavy atom. The predicted molar refractivity (Wildman–Crippen MR) is 77.0 cm³/mol. The van der Waals surface area contributed by atoms with Crippen LogP contribution in [0.4, 0.5) is 0 Å². The number of nitrogens with zero attached hydrogens (tertiary/aromatic N) is 1. The van der Waals surface area contributed by atoms with Gasteiger partial charge in [0.05, 0.1) is 12.6 Å². The fourth-order valence-electron chi connectivity index (χ4n) is 1.78. The van der Waals surface area contributed by atoms with Crippen molar-refractivity contribution in [3.63, 3.8) is 0 Å². The van der Waals surface area contributed by atoms with Gasteiger partial charge < -0.3 is 10.4 Å². The van der Waals surface area contributed by atoms with Crippen molar-refractivity contribution in [3.05, 3.63) is 35.9 Å². The first-order valence-corrected chi connectivity index (χ1v) is 6.75. The molecule has 4 nitrogen and oxygen atoms in total. The molecule has 0 spiro atoms. The highest BCUT2D eigenvalue weighted by molar-refractivity contribution is 5.77. The smallest absolute Gasteiger partial charge is 0.234 e. The zero-order valence-electron chi connectivity index (χ0n) is 11.8. The summed E-state index contributed by atoms with van der Waals surface area (Å²) in [5, 5.41) is 12.1. The minimum Gasteiger partial charge on any atom is -0.393 e. The molecule has 0 saturated carbocycles. The Kier molecular flexibility index (Phi) is 7.15. The Morgan fingerprint density at radius 1 is 1.37 bits per heavy atom. The van der Waals surface area contributed by atoms with E-state index in [1.807, 2.05) is 30.1 Å². The molecular formula is C15H24N2O2. The van der Waals surface area contributed by atoms with Gasteiger partial charge in [-0.15, -0.1) is 0 Å². The molecule has 106 valence electrons. The number of hydrogen-bond acceptors (Lipinski definition) is 3. The van der Waals surface area contributed by atoms with Gasteiger partial charge in [0.15, 0.2) is 0 Å². The molecule has 1 aromatic rings. The van der Waals surface area contributed by atoms with Crippen molar-refractivity contribution in [1.29, 1.82) is 0 Å². The quantitative estimate of drug-likeness (QED) is 0.738. The number of likely N-dealkylation sites (N-methyl/N-ethyl adjacent to an activating group) is 1. The van der Waals surface area contributed by atoms with Crippen LogP contribution >= 0.6 is 0 Å². The van der Waals surface area contributed by atoms with Crippen molar-refractivity contribution in [2.24, 2.45) is 0 Å². The Bertz CT molecular complexity index is 366. The van der Waals surface area contributed by atoms with Crippen LogP contribution in [0.3, 0.4) is 0 Å². The molecule has 19 heavy (non-hydrogen) atoms. The van der Waals surface area contributed by atoms with Crippen molar-refractivity contribution in [3.8, 4) is 0 Å². The Morgan fingerprint density at radius 3 is 2.68 bits per heavy atom. The average molecular weight is 264 g/mol. The summed E-state index contributed by atoms with van der Waals surface area (Å²) in [6, 6.07) is 10.1. The number of nitrogens with one attached hydrogen (secondary N) is 1. The Hall–Kier alpha value is -1.39. The summed E-state index contributed by atoms with van der Waals surface area (Å²) in [6.07, 6.45) is 1.22. The van der Waals surface area contributed by atoms with Gasteiger partial charge in [-0.3, -0.25) is 9.69 Å². The normalized spacial score (nSPS) is 12.4. The van der Waals surface area contributed by atoms with E-state index in [9.17, 15) is 9.90 Å². The summed E-state index contributed by atoms with van der Waals surface area (Å²) < 4.78 is 0. The molecule has 0 heterocycles. The van der Waals surface area contributed by atoms with E-state index in [2.05, 4.69) is 17.4 Å². The molecule has 1 amide bonds. The minimum absolute atomic E-state index is 0.0315. The first-order chi connectivity index (χ1) is 9.08. The third kappa shape index (κ3) is 7.59. The van der Waals surface area contributed by atoms with Gasteiger partial charge in [0.2, 0.25) is 5.91 Å². The second kappa shape index (κ2) is 8.67. The SMILES string of the molecule is CC(O)CCN(C)CC(=O)NCCc1ccccc1. The lowest BCUT2D eigenvalue weighted by Gasteiger charge is -2.17. The van der Waals surface area contributed by atoms with E-state index < -0.39 is 0 Å². The molecule has 0 fully saturated rings. The van der Waals surface area contributed by atoms with Gasteiger partial charge in [0, 0.05) is 13.1 Å². The lowest BCUT2D eigenvalue weighted by atomic mass is 10.1. The van der Waals surface area contributed by atoms with Gasteiger partial charge in [-0.05, 0) is 32.4 Å². The van der Waals surface area contributed by atoms with E-state index in [1.165, 1.54) is 5.56 Å². The van der Waals surface area contributed by atoms with Crippen molar-refractivity contribution in [1.82, 2.24) is 10.2 Å². The molecule has 2 N–H and O–H groups in total. The number of rotatable bonds is 8. The van der Waals surface area contributed by atoms with E-state index in [-0.39, 0.29) is 12.0 Å². The van der Waals surface area contributed by atoms with Crippen LogP contribution in [0, 0.1) is 0 Å². The van der Waals surface area contributed by atoms with E-state index in [4.69, 9.17) is 0 Å². The van der Waals surface area contributed by atoms with Crippen LogP contribution in [-0.4, -0.2) is 48.7 Å². The van der Waals surface area contributed by atoms with Gasteiger partial charge >= 0.3 is 0 Å². The summed E-state index contributed by atoms with van der Waals surface area (Å²) in [5.74, 6) is 0.0315. The number of benzene rings is 1. The fraction of sp³-hybridized carbons (Fsp3) is 0.533. The van der Waals surface area contributed by atoms with E-state index in [1.54, 1.807) is 6.92 Å². The molecule has 0 aliphatic rings. The zero-order chi connectivity index (χ0) is 14.1. The van der Waals surface area contributed by atoms with Crippen molar-refractivity contribution < 1.29 is 9.90 Å². The van der Waals surface area contributed by atoms with Crippen LogP contribution in [-0.2, 0) is 11.2 Å². The highest BCUT2D eigenvalue weighted by Gasteiger charge is 2.06. The van der Waals surface area contributed by atoms with Crippen molar-refractivity contribution >= 4 is 5.91 Å². The zero-order valence-corrected chi connectivity index (χ0v) is 11.8. The van der Waals surface area contributed by atoms with E-state index in [0.29, 0.717) is 19.5 Å². The molecular weight excluding hydrogens is 240 g/mol. The molecule has 1 unspecified atom stereocenters. The van der Waals surface area contributed by atoms with Crippen LogP contribution in [0.5, 0.6) is 0 Å². The van der Waals surface area contributed by atoms with Gasteiger partial charge in [0.1, 0.15) is 0 Å². The summed E-state index contributed by atoms with van der Waals surface area (Å²) in [4.78, 5) is 13.6. The lowest BCUT2D eigenvalue weighted by Crippen LogP contribution is -2.37. The molecule has 1 atom stereocenters. The predicted octanol–water partition coefficient (Wildman–Crippen LogP) is 1.05. The van der Waals surface area contributed by atoms with Gasteiger partial charge in [-0.2, -0.15) is 0 Å². The highest BCUT2D eigenvalue weighted by Crippen LogP contribution is 1.98. The third-order valence-corrected chi connectivity index (χ3v) is 2.92. The minimum atomic E-state index is -0.316. The van der Waals surface area contributed by atoms with E-state index in [0.717, 1.165) is 13.0 Å². The highest BCUT2D eigenvalue weighted by atomic mass is 16.3. The summed E-state index contributed by atoms with van der Waals surface area (Å²) in [5.41, 5.74) is 1.23. The molecule has 0 aliphatic heterocycles. The maximum absolute atomic E-state index is 11.7. The first-order valence-electron chi connectivity index (χ1n) is 6.75. The maximum atomic E-state index is 11.7. The first kappa shape index (κ1) is 15.7. The Labute approximate surface area is 115 Å². The summed E-state index contributed by atoms with van der Waals surface area (Å²) in [6.45, 7) is 3.52. The molecule has 0 aliphatic carbocycles. The van der Waals surface area contributed by atoms with Gasteiger partial charge in [-0.1, -0.05) is 30.3 Å². The molecule has 0 saturated heterocycles. The van der Waals surface area contributed by atoms with Crippen LogP contribution in [0.1, 0.15) is 18.9 Å². The standard InChI is InChI=1S/C15H24N2O2/c1-13(18)9-11-17(2)12-15(19)16-10-8-14-6-4-3-5-7-14/h3-7,13,18H,8-12H2,1-2H3,(H,16,19). The van der Waals surface area contributed by atoms with Gasteiger partial charge in [-0.25, -0.2) is 0 Å². The monoisotopic (exact) mass is 264 g/mol. The van der Waals surface area contributed by atoms with Gasteiger partial charge in [0.25, 0.3) is 0 Å². The number of hydrogen-bond donors (Lipinski definition) is 2. The average Bonchev–Trinajstić information content (AvgIpc) is 2.37. The third-order valence-electron chi connectivity index (χ3n) is 2.92. The van der Waals surface area contributed by atoms with Crippen LogP contribution in [0.15, 0.2) is 30.3 Å². The fourth-order valence-corrected chi connectivity index (χ4v) is 1.78. The molecule has 0 radical (unpaired) electrons. The second-order valence-electron chi connectivity index (χ2n) is 4.96. The van der Waals surface area contributed by atoms with Crippen LogP contribution in [0.2, 0.25) is 0 Å². The number of aliphatic hydroxyl groups excluding tert-OH is 1. The number of aliphatic hydroxyl groups is 1. The number of amides is 1. The largest absolute Gasteiger partial charge is 0.393 e. The van der Waals surface area contributed by atoms with Crippen LogP contribution in [0.25, 0.3) is 0 Å². The summed E-state index contributed by atoms with van der Waals surface area (Å²) in [7, 11) is 1.89. The topological polar surface area (TPSA) is 52.6 Å². The number of carbonyl (C=O) groups excluding carboxylic acids is 1. The van der Waals surface area contributed by atoms with Crippen molar-refractivity contribution in [2.75, 3.05) is 26.7 Å². The molecule has 1 rings (SSSR count). The maximum Gasteiger partial charge on any atom is 0.234 e. The lowest BCUT2D eigenvalue weighted by molar-refractivity contribution is -0.122. The molecule has 4 heteroatoms. The molecule has 0 bridgehead atoms. The van der Waals surface area contributed by atoms with E-state index >= 15 is 0 Å². The summed E-state index contributed by atoms with van der Waals surface area (Å²) >= 11 is 0. The van der Waals surface area contributed by atoms with Crippen LogP contribution < -0.4 is 5.32 Å². The Balaban J connectivity index is 2.14. The second-order valence-corrected chi connectivity index (χ2v) is 4.96. The van der Waals surface area contributed by atoms with Crippen molar-refractivity contribution in [2.45, 2.75) is 25.9 Å². The molecule has 1 aromatic carbocycles. The number of carbonyl (C=O) groups is 1.